The number of rotatable bonds is 7. The molecule has 1 fully saturated rings. The summed E-state index contributed by atoms with van der Waals surface area (Å²) in [5.41, 5.74) is 0.0873. The normalized spacial score (nSPS) is 13.6. The van der Waals surface area contributed by atoms with Gasteiger partial charge in [0, 0.05) is 36.1 Å². The van der Waals surface area contributed by atoms with Gasteiger partial charge in [-0.2, -0.15) is 5.10 Å². The van der Waals surface area contributed by atoms with E-state index in [1.807, 2.05) is 0 Å². The van der Waals surface area contributed by atoms with Crippen molar-refractivity contribution in [3.05, 3.63) is 86.0 Å². The summed E-state index contributed by atoms with van der Waals surface area (Å²) in [4.78, 5) is 40.5. The third-order valence-corrected chi connectivity index (χ3v) is 5.50. The summed E-state index contributed by atoms with van der Waals surface area (Å²) in [6.45, 7) is 1.68. The molecule has 0 unspecified atom stereocenters. The average Bonchev–Trinajstić information content (AvgIpc) is 3.31. The summed E-state index contributed by atoms with van der Waals surface area (Å²) < 4.78 is 7.22. The minimum absolute atomic E-state index is 0.0925. The van der Waals surface area contributed by atoms with E-state index in [1.165, 1.54) is 28.9 Å². The van der Waals surface area contributed by atoms with Crippen LogP contribution >= 0.6 is 0 Å². The number of ether oxygens (including phenoxy) is 1. The molecule has 0 saturated heterocycles. The summed E-state index contributed by atoms with van der Waals surface area (Å²) >= 11 is 0. The maximum atomic E-state index is 12.8. The number of nitrogens with one attached hydrogen (secondary N) is 1. The molecule has 2 heterocycles. The van der Waals surface area contributed by atoms with E-state index in [-0.39, 0.29) is 29.7 Å². The number of nitro groups is 1. The topological polar surface area (TPSA) is 129 Å². The van der Waals surface area contributed by atoms with Crippen molar-refractivity contribution in [2.75, 3.05) is 0 Å². The van der Waals surface area contributed by atoms with Crippen LogP contribution in [0.4, 0.5) is 5.69 Å². The number of carbonyl (C=O) groups is 1. The number of aryl methyl sites for hydroxylation is 1. The van der Waals surface area contributed by atoms with Crippen LogP contribution in [0.15, 0.2) is 53.5 Å². The number of amides is 1. The molecule has 0 spiro atoms. The largest absolute Gasteiger partial charge is 0.474 e. The van der Waals surface area contributed by atoms with Gasteiger partial charge in [0.05, 0.1) is 4.92 Å². The van der Waals surface area contributed by atoms with Gasteiger partial charge in [0.25, 0.3) is 11.6 Å². The molecule has 0 aliphatic heterocycles. The van der Waals surface area contributed by atoms with Crippen molar-refractivity contribution in [1.82, 2.24) is 20.1 Å². The highest BCUT2D eigenvalue weighted by Crippen LogP contribution is 2.25. The minimum atomic E-state index is -0.692. The van der Waals surface area contributed by atoms with Crippen molar-refractivity contribution in [2.45, 2.75) is 45.3 Å². The molecule has 1 aromatic carbocycles. The van der Waals surface area contributed by atoms with Crippen LogP contribution in [-0.2, 0) is 6.54 Å². The summed E-state index contributed by atoms with van der Waals surface area (Å²) in [5.74, 6) is -0.234. The van der Waals surface area contributed by atoms with Gasteiger partial charge in [-0.3, -0.25) is 19.7 Å². The van der Waals surface area contributed by atoms with Crippen molar-refractivity contribution in [3.8, 4) is 11.6 Å². The van der Waals surface area contributed by atoms with E-state index < -0.39 is 16.3 Å². The lowest BCUT2D eigenvalue weighted by Crippen LogP contribution is -2.32. The van der Waals surface area contributed by atoms with E-state index in [0.29, 0.717) is 17.1 Å². The fourth-order valence-corrected chi connectivity index (χ4v) is 3.83. The van der Waals surface area contributed by atoms with Gasteiger partial charge in [0.15, 0.2) is 5.69 Å². The zero-order valence-corrected chi connectivity index (χ0v) is 18.1. The molecule has 2 aromatic heterocycles. The van der Waals surface area contributed by atoms with Gasteiger partial charge >= 0.3 is 0 Å². The Bertz CT molecular complexity index is 1250. The first kappa shape index (κ1) is 22.1. The Morgan fingerprint density at radius 1 is 1.24 bits per heavy atom. The molecule has 0 radical (unpaired) electrons. The van der Waals surface area contributed by atoms with E-state index >= 15 is 0 Å². The molecule has 4 rings (SSSR count). The van der Waals surface area contributed by atoms with Crippen LogP contribution in [0.5, 0.6) is 5.88 Å². The zero-order chi connectivity index (χ0) is 23.4. The number of aromatic nitrogens is 3. The van der Waals surface area contributed by atoms with Gasteiger partial charge in [-0.15, -0.1) is 0 Å². The number of para-hydroxylation sites is 2. The Morgan fingerprint density at radius 2 is 2.00 bits per heavy atom. The fourth-order valence-electron chi connectivity index (χ4n) is 3.83. The van der Waals surface area contributed by atoms with Crippen LogP contribution < -0.4 is 15.5 Å². The number of hydrogen-bond acceptors (Lipinski definition) is 7. The summed E-state index contributed by atoms with van der Waals surface area (Å²) in [7, 11) is 0. The highest BCUT2D eigenvalue weighted by molar-refractivity contribution is 5.92. The van der Waals surface area contributed by atoms with E-state index in [0.717, 1.165) is 25.7 Å². The van der Waals surface area contributed by atoms with Gasteiger partial charge < -0.3 is 10.1 Å². The summed E-state index contributed by atoms with van der Waals surface area (Å²) in [6.07, 6.45) is 5.93. The van der Waals surface area contributed by atoms with Gasteiger partial charge in [0.2, 0.25) is 11.3 Å². The molecule has 1 aliphatic carbocycles. The Hall–Kier alpha value is -4.08. The lowest BCUT2D eigenvalue weighted by atomic mass is 10.2. The van der Waals surface area contributed by atoms with Crippen LogP contribution in [0.2, 0.25) is 0 Å². The smallest absolute Gasteiger partial charge is 0.294 e. The van der Waals surface area contributed by atoms with Gasteiger partial charge in [0.1, 0.15) is 11.8 Å². The Kier molecular flexibility index (Phi) is 6.43. The molecule has 1 N–H and O–H groups in total. The molecule has 1 saturated carbocycles. The van der Waals surface area contributed by atoms with Crippen molar-refractivity contribution in [1.29, 1.82) is 0 Å². The molecule has 1 aliphatic rings. The Morgan fingerprint density at radius 3 is 2.76 bits per heavy atom. The number of nitro benzene ring substituents is 1. The summed E-state index contributed by atoms with van der Waals surface area (Å²) in [6, 6.07) is 10.8. The second-order valence-electron chi connectivity index (χ2n) is 7.83. The standard InChI is InChI=1S/C23H23N5O5/c1-15-13-20(29)21(26-27(15)18-10-4-5-11-19(18)28(31)32)22(30)25-14-16-7-6-12-24-23(16)33-17-8-2-3-9-17/h4-7,10-13,17H,2-3,8-9,14H2,1H3,(H,25,30). The van der Waals surface area contributed by atoms with Crippen LogP contribution in [0.3, 0.4) is 0 Å². The molecule has 1 amide bonds. The fraction of sp³-hybridized carbons (Fsp3) is 0.304. The molecule has 10 heteroatoms. The van der Waals surface area contributed by atoms with Crippen LogP contribution in [0, 0.1) is 17.0 Å². The van der Waals surface area contributed by atoms with E-state index in [1.54, 1.807) is 31.3 Å². The van der Waals surface area contributed by atoms with E-state index in [2.05, 4.69) is 15.4 Å². The number of nitrogens with zero attached hydrogens (tertiary/aromatic N) is 4. The quantitative estimate of drug-likeness (QED) is 0.433. The summed E-state index contributed by atoms with van der Waals surface area (Å²) in [5, 5.41) is 18.2. The Labute approximate surface area is 189 Å². The maximum absolute atomic E-state index is 12.8. The van der Waals surface area contributed by atoms with E-state index in [9.17, 15) is 19.7 Å². The zero-order valence-electron chi connectivity index (χ0n) is 18.1. The molecular formula is C23H23N5O5. The molecule has 3 aromatic rings. The average molecular weight is 449 g/mol. The predicted octanol–water partition coefficient (Wildman–Crippen LogP) is 3.10. The molecule has 0 bridgehead atoms. The van der Waals surface area contributed by atoms with Gasteiger partial charge in [-0.25, -0.2) is 9.67 Å². The second kappa shape index (κ2) is 9.60. The van der Waals surface area contributed by atoms with Crippen molar-refractivity contribution in [2.24, 2.45) is 0 Å². The first-order chi connectivity index (χ1) is 15.9. The third-order valence-electron chi connectivity index (χ3n) is 5.50. The molecule has 0 atom stereocenters. The molecule has 170 valence electrons. The van der Waals surface area contributed by atoms with Gasteiger partial charge in [-0.05, 0) is 44.7 Å². The lowest BCUT2D eigenvalue weighted by molar-refractivity contribution is -0.384. The predicted molar refractivity (Wildman–Crippen MR) is 120 cm³/mol. The minimum Gasteiger partial charge on any atom is -0.474 e. The maximum Gasteiger partial charge on any atom is 0.294 e. The first-order valence-electron chi connectivity index (χ1n) is 10.7. The van der Waals surface area contributed by atoms with E-state index in [4.69, 9.17) is 4.74 Å². The SMILES string of the molecule is Cc1cc(=O)c(C(=O)NCc2cccnc2OC2CCCC2)nn1-c1ccccc1[N+](=O)[O-]. The van der Waals surface area contributed by atoms with Crippen molar-refractivity contribution < 1.29 is 14.5 Å². The second-order valence-corrected chi connectivity index (χ2v) is 7.83. The molecule has 33 heavy (non-hydrogen) atoms. The Balaban J connectivity index is 1.57. The van der Waals surface area contributed by atoms with Crippen LogP contribution in [0.1, 0.15) is 47.4 Å². The highest BCUT2D eigenvalue weighted by Gasteiger charge is 2.21. The van der Waals surface area contributed by atoms with Crippen molar-refractivity contribution in [3.63, 3.8) is 0 Å². The number of benzene rings is 1. The monoisotopic (exact) mass is 449 g/mol. The van der Waals surface area contributed by atoms with Crippen molar-refractivity contribution >= 4 is 11.6 Å². The molecule has 10 nitrogen and oxygen atoms in total. The number of hydrogen-bond donors (Lipinski definition) is 1. The highest BCUT2D eigenvalue weighted by atomic mass is 16.6. The van der Waals surface area contributed by atoms with Crippen LogP contribution in [-0.4, -0.2) is 31.7 Å². The van der Waals surface area contributed by atoms with Gasteiger partial charge in [-0.1, -0.05) is 18.2 Å². The molecular weight excluding hydrogens is 426 g/mol. The number of carbonyl (C=O) groups excluding carboxylic acids is 1. The van der Waals surface area contributed by atoms with Crippen LogP contribution in [0.25, 0.3) is 5.69 Å². The third kappa shape index (κ3) is 4.89. The first-order valence-corrected chi connectivity index (χ1v) is 10.7. The lowest BCUT2D eigenvalue weighted by Gasteiger charge is -2.15. The number of pyridine rings is 1.